The van der Waals surface area contributed by atoms with E-state index in [-0.39, 0.29) is 5.91 Å². The summed E-state index contributed by atoms with van der Waals surface area (Å²) in [6.45, 7) is 4.47. The number of carbonyl (C=O) groups excluding carboxylic acids is 1. The van der Waals surface area contributed by atoms with Crippen LogP contribution in [0.3, 0.4) is 0 Å². The van der Waals surface area contributed by atoms with Gasteiger partial charge in [-0.25, -0.2) is 4.98 Å². The van der Waals surface area contributed by atoms with E-state index in [1.54, 1.807) is 37.4 Å². The van der Waals surface area contributed by atoms with Crippen molar-refractivity contribution in [2.45, 2.75) is 20.3 Å². The Balaban J connectivity index is 1.66. The molecule has 3 aromatic rings. The van der Waals surface area contributed by atoms with Crippen LogP contribution in [0.4, 0.5) is 17.2 Å². The summed E-state index contributed by atoms with van der Waals surface area (Å²) in [7, 11) is 1.57. The van der Waals surface area contributed by atoms with Crippen LogP contribution in [-0.4, -0.2) is 29.6 Å². The van der Waals surface area contributed by atoms with Gasteiger partial charge in [0.2, 0.25) is 5.88 Å². The van der Waals surface area contributed by atoms with Crippen LogP contribution in [-0.2, 0) is 0 Å². The van der Waals surface area contributed by atoms with Gasteiger partial charge >= 0.3 is 0 Å². The van der Waals surface area contributed by atoms with Crippen molar-refractivity contribution in [3.05, 3.63) is 66.0 Å². The molecule has 2 aromatic carbocycles. The van der Waals surface area contributed by atoms with Crippen LogP contribution in [0.1, 0.15) is 29.5 Å². The minimum Gasteiger partial charge on any atom is -0.497 e. The second-order valence-corrected chi connectivity index (χ2v) is 6.38. The van der Waals surface area contributed by atoms with Crippen molar-refractivity contribution in [1.29, 1.82) is 0 Å². The van der Waals surface area contributed by atoms with Crippen molar-refractivity contribution >= 4 is 23.1 Å². The van der Waals surface area contributed by atoms with Gasteiger partial charge in [-0.3, -0.25) is 4.79 Å². The molecule has 0 saturated heterocycles. The first-order valence-corrected chi connectivity index (χ1v) is 9.38. The molecule has 0 spiro atoms. The van der Waals surface area contributed by atoms with Crippen molar-refractivity contribution in [2.75, 3.05) is 24.4 Å². The Kier molecular flexibility index (Phi) is 6.63. The van der Waals surface area contributed by atoms with Crippen molar-refractivity contribution in [3.63, 3.8) is 0 Å². The number of carbonyl (C=O) groups is 1. The van der Waals surface area contributed by atoms with E-state index >= 15 is 0 Å². The maximum atomic E-state index is 12.4. The third-order valence-corrected chi connectivity index (χ3v) is 4.02. The second-order valence-electron chi connectivity index (χ2n) is 6.38. The van der Waals surface area contributed by atoms with Gasteiger partial charge in [0.1, 0.15) is 17.4 Å². The SMILES string of the molecule is CCCOc1cc(Nc2ccc(NC(=O)c3cccc(OC)c3)cc2)nc(C)n1. The van der Waals surface area contributed by atoms with Crippen LogP contribution < -0.4 is 20.1 Å². The number of benzene rings is 2. The van der Waals surface area contributed by atoms with E-state index in [1.807, 2.05) is 38.1 Å². The van der Waals surface area contributed by atoms with Gasteiger partial charge in [-0.05, 0) is 55.8 Å². The Labute approximate surface area is 170 Å². The lowest BCUT2D eigenvalue weighted by molar-refractivity contribution is 0.102. The minimum absolute atomic E-state index is 0.200. The topological polar surface area (TPSA) is 85.4 Å². The standard InChI is InChI=1S/C22H24N4O3/c1-4-12-29-21-14-20(23-15(2)24-21)25-17-8-10-18(11-9-17)26-22(27)16-6-5-7-19(13-16)28-3/h5-11,13-14H,4,12H2,1-3H3,(H,26,27)(H,23,24,25). The molecule has 0 radical (unpaired) electrons. The number of methoxy groups -OCH3 is 1. The van der Waals surface area contributed by atoms with E-state index in [0.717, 1.165) is 12.1 Å². The maximum Gasteiger partial charge on any atom is 0.255 e. The summed E-state index contributed by atoms with van der Waals surface area (Å²) < 4.78 is 10.7. The zero-order valence-electron chi connectivity index (χ0n) is 16.7. The summed E-state index contributed by atoms with van der Waals surface area (Å²) in [5, 5.41) is 6.10. The minimum atomic E-state index is -0.200. The number of nitrogens with zero attached hydrogens (tertiary/aromatic N) is 2. The molecule has 1 heterocycles. The highest BCUT2D eigenvalue weighted by molar-refractivity contribution is 6.04. The van der Waals surface area contributed by atoms with E-state index in [1.165, 1.54) is 0 Å². The van der Waals surface area contributed by atoms with E-state index in [0.29, 0.717) is 41.1 Å². The summed E-state index contributed by atoms with van der Waals surface area (Å²) in [5.74, 6) is 2.26. The zero-order valence-corrected chi connectivity index (χ0v) is 16.7. The molecule has 1 aromatic heterocycles. The smallest absolute Gasteiger partial charge is 0.255 e. The molecule has 0 fully saturated rings. The van der Waals surface area contributed by atoms with E-state index in [9.17, 15) is 4.79 Å². The first kappa shape index (κ1) is 20.1. The van der Waals surface area contributed by atoms with Crippen LogP contribution in [0.5, 0.6) is 11.6 Å². The predicted octanol–water partition coefficient (Wildman–Crippen LogP) is 4.58. The van der Waals surface area contributed by atoms with Crippen molar-refractivity contribution < 1.29 is 14.3 Å². The van der Waals surface area contributed by atoms with Crippen molar-refractivity contribution in [3.8, 4) is 11.6 Å². The molecule has 2 N–H and O–H groups in total. The monoisotopic (exact) mass is 392 g/mol. The largest absolute Gasteiger partial charge is 0.497 e. The third-order valence-electron chi connectivity index (χ3n) is 4.02. The number of aromatic nitrogens is 2. The van der Waals surface area contributed by atoms with Crippen molar-refractivity contribution in [2.24, 2.45) is 0 Å². The van der Waals surface area contributed by atoms with Crippen molar-refractivity contribution in [1.82, 2.24) is 9.97 Å². The van der Waals surface area contributed by atoms with Gasteiger partial charge < -0.3 is 20.1 Å². The summed E-state index contributed by atoms with van der Waals surface area (Å²) >= 11 is 0. The third kappa shape index (κ3) is 5.68. The molecule has 0 aliphatic rings. The lowest BCUT2D eigenvalue weighted by Gasteiger charge is -2.10. The van der Waals surface area contributed by atoms with Gasteiger partial charge in [0.25, 0.3) is 5.91 Å². The first-order chi connectivity index (χ1) is 14.1. The lowest BCUT2D eigenvalue weighted by Crippen LogP contribution is -2.11. The Morgan fingerprint density at radius 2 is 1.79 bits per heavy atom. The Morgan fingerprint density at radius 1 is 1.03 bits per heavy atom. The van der Waals surface area contributed by atoms with Crippen LogP contribution >= 0.6 is 0 Å². The van der Waals surface area contributed by atoms with Gasteiger partial charge in [-0.1, -0.05) is 13.0 Å². The van der Waals surface area contributed by atoms with Crippen LogP contribution in [0.15, 0.2) is 54.6 Å². The van der Waals surface area contributed by atoms with E-state index < -0.39 is 0 Å². The quantitative estimate of drug-likeness (QED) is 0.584. The Bertz CT molecular complexity index is 974. The molecule has 0 bridgehead atoms. The molecule has 150 valence electrons. The van der Waals surface area contributed by atoms with Crippen LogP contribution in [0, 0.1) is 6.92 Å². The number of rotatable bonds is 8. The molecule has 3 rings (SSSR count). The molecule has 0 atom stereocenters. The average molecular weight is 392 g/mol. The average Bonchev–Trinajstić information content (AvgIpc) is 2.73. The molecule has 0 saturated carbocycles. The van der Waals surface area contributed by atoms with Gasteiger partial charge in [0.15, 0.2) is 0 Å². The van der Waals surface area contributed by atoms with Gasteiger partial charge in [0.05, 0.1) is 13.7 Å². The molecule has 1 amide bonds. The maximum absolute atomic E-state index is 12.4. The fraction of sp³-hybridized carbons (Fsp3) is 0.227. The van der Waals surface area contributed by atoms with E-state index in [4.69, 9.17) is 9.47 Å². The predicted molar refractivity (Wildman–Crippen MR) is 113 cm³/mol. The number of aryl methyl sites for hydroxylation is 1. The molecular formula is C22H24N4O3. The number of hydrogen-bond acceptors (Lipinski definition) is 6. The summed E-state index contributed by atoms with van der Waals surface area (Å²) in [6, 6.07) is 16.2. The number of ether oxygens (including phenoxy) is 2. The number of nitrogens with one attached hydrogen (secondary N) is 2. The molecule has 0 unspecified atom stereocenters. The number of amides is 1. The number of hydrogen-bond donors (Lipinski definition) is 2. The normalized spacial score (nSPS) is 10.3. The first-order valence-electron chi connectivity index (χ1n) is 9.38. The fourth-order valence-electron chi connectivity index (χ4n) is 2.64. The van der Waals surface area contributed by atoms with Gasteiger partial charge in [-0.15, -0.1) is 0 Å². The molecule has 7 heteroatoms. The lowest BCUT2D eigenvalue weighted by atomic mass is 10.2. The second kappa shape index (κ2) is 9.54. The molecule has 0 aliphatic heterocycles. The zero-order chi connectivity index (χ0) is 20.6. The Morgan fingerprint density at radius 3 is 2.52 bits per heavy atom. The van der Waals surface area contributed by atoms with Gasteiger partial charge in [-0.2, -0.15) is 4.98 Å². The summed E-state index contributed by atoms with van der Waals surface area (Å²) in [5.41, 5.74) is 2.06. The molecule has 7 nitrogen and oxygen atoms in total. The summed E-state index contributed by atoms with van der Waals surface area (Å²) in [4.78, 5) is 21.1. The van der Waals surface area contributed by atoms with Crippen LogP contribution in [0.2, 0.25) is 0 Å². The van der Waals surface area contributed by atoms with Gasteiger partial charge in [0, 0.05) is 23.0 Å². The fourth-order valence-corrected chi connectivity index (χ4v) is 2.64. The highest BCUT2D eigenvalue weighted by Gasteiger charge is 2.08. The molecule has 0 aliphatic carbocycles. The molecular weight excluding hydrogens is 368 g/mol. The summed E-state index contributed by atoms with van der Waals surface area (Å²) in [6.07, 6.45) is 0.911. The highest BCUT2D eigenvalue weighted by atomic mass is 16.5. The van der Waals surface area contributed by atoms with E-state index in [2.05, 4.69) is 20.6 Å². The number of anilines is 3. The molecule has 29 heavy (non-hydrogen) atoms. The Hall–Kier alpha value is -3.61. The highest BCUT2D eigenvalue weighted by Crippen LogP contribution is 2.21. The van der Waals surface area contributed by atoms with Crippen LogP contribution in [0.25, 0.3) is 0 Å².